The summed E-state index contributed by atoms with van der Waals surface area (Å²) in [6, 6.07) is 11.6. The number of likely N-dealkylation sites (N-methyl/N-ethyl adjacent to an activating group) is 1. The van der Waals surface area contributed by atoms with Gasteiger partial charge < -0.3 is 15.5 Å². The van der Waals surface area contributed by atoms with Crippen LogP contribution in [0.2, 0.25) is 0 Å². The zero-order valence-corrected chi connectivity index (χ0v) is 19.8. The first kappa shape index (κ1) is 23.3. The van der Waals surface area contributed by atoms with E-state index in [-0.39, 0.29) is 17.5 Å². The van der Waals surface area contributed by atoms with Crippen LogP contribution in [0.5, 0.6) is 0 Å². The lowest BCUT2D eigenvalue weighted by atomic mass is 9.64. The van der Waals surface area contributed by atoms with E-state index in [4.69, 9.17) is 0 Å². The molecule has 2 fully saturated rings. The number of alkyl halides is 1. The molecule has 3 aromatic rings. The number of hydrogen-bond acceptors (Lipinski definition) is 6. The Morgan fingerprint density at radius 3 is 2.63 bits per heavy atom. The molecule has 0 spiro atoms. The van der Waals surface area contributed by atoms with Gasteiger partial charge in [0, 0.05) is 42.4 Å². The van der Waals surface area contributed by atoms with E-state index in [0.29, 0.717) is 36.5 Å². The van der Waals surface area contributed by atoms with Crippen LogP contribution in [-0.4, -0.2) is 64.9 Å². The standard InChI is InChI=1S/C26H28F2N6O/c1-16-4-3-9-29-24(16)26(11-18(27)12-26)15-30-23-8-7-22(32-33-23)20-10-17(5-6-21(20)28)25(35)31-19-13-34(2)14-19/h3-10,18-19H,11-15H2,1-2H3,(H,30,33)(H,31,35)/t18-,26-. The first-order chi connectivity index (χ1) is 16.8. The number of likely N-dealkylation sites (tertiary alicyclic amines) is 1. The Bertz CT molecular complexity index is 1220. The maximum Gasteiger partial charge on any atom is 0.251 e. The minimum absolute atomic E-state index is 0.104. The molecule has 5 rings (SSSR count). The lowest BCUT2D eigenvalue weighted by Gasteiger charge is -2.44. The molecule has 2 aliphatic rings. The highest BCUT2D eigenvalue weighted by atomic mass is 19.1. The lowest BCUT2D eigenvalue weighted by molar-refractivity contribution is 0.0857. The summed E-state index contributed by atoms with van der Waals surface area (Å²) in [6.45, 7) is 4.05. The molecule has 7 nitrogen and oxygen atoms in total. The fourth-order valence-corrected chi connectivity index (χ4v) is 5.00. The van der Waals surface area contributed by atoms with Gasteiger partial charge in [-0.15, -0.1) is 10.2 Å². The van der Waals surface area contributed by atoms with Crippen LogP contribution in [0.1, 0.15) is 34.5 Å². The molecule has 2 aromatic heterocycles. The zero-order chi connectivity index (χ0) is 24.6. The summed E-state index contributed by atoms with van der Waals surface area (Å²) in [7, 11) is 1.99. The molecule has 0 radical (unpaired) electrons. The number of aromatic nitrogens is 3. The number of anilines is 1. The van der Waals surface area contributed by atoms with Gasteiger partial charge in [-0.05, 0) is 68.8 Å². The highest BCUT2D eigenvalue weighted by molar-refractivity contribution is 5.95. The molecule has 1 amide bonds. The summed E-state index contributed by atoms with van der Waals surface area (Å²) < 4.78 is 28.5. The molecule has 0 unspecified atom stereocenters. The summed E-state index contributed by atoms with van der Waals surface area (Å²) in [5.41, 5.74) is 2.45. The van der Waals surface area contributed by atoms with E-state index >= 15 is 0 Å². The van der Waals surface area contributed by atoms with Crippen LogP contribution in [-0.2, 0) is 5.41 Å². The normalized spacial score (nSPS) is 22.2. The molecular formula is C26H28F2N6O. The van der Waals surface area contributed by atoms with Crippen LogP contribution < -0.4 is 10.6 Å². The molecule has 35 heavy (non-hydrogen) atoms. The molecule has 3 heterocycles. The Balaban J connectivity index is 1.28. The molecular weight excluding hydrogens is 450 g/mol. The minimum Gasteiger partial charge on any atom is -0.368 e. The number of amides is 1. The SMILES string of the molecule is Cc1cccnc1[C@]1(CNc2ccc(-c3cc(C(=O)NC4CN(C)C4)ccc3F)nn2)C[C@@H](F)C1. The smallest absolute Gasteiger partial charge is 0.251 e. The van der Waals surface area contributed by atoms with Gasteiger partial charge in [0.25, 0.3) is 5.91 Å². The number of nitrogens with zero attached hydrogens (tertiary/aromatic N) is 4. The number of aryl methyl sites for hydroxylation is 1. The predicted octanol–water partition coefficient (Wildman–Crippen LogP) is 3.51. The van der Waals surface area contributed by atoms with Crippen LogP contribution in [0.25, 0.3) is 11.3 Å². The number of benzene rings is 1. The third kappa shape index (κ3) is 4.73. The van der Waals surface area contributed by atoms with Crippen LogP contribution in [0.15, 0.2) is 48.7 Å². The number of nitrogens with one attached hydrogen (secondary N) is 2. The number of pyridine rings is 1. The van der Waals surface area contributed by atoms with Gasteiger partial charge in [0.1, 0.15) is 17.8 Å². The quantitative estimate of drug-likeness (QED) is 0.541. The highest BCUT2D eigenvalue weighted by Crippen LogP contribution is 2.45. The van der Waals surface area contributed by atoms with Crippen molar-refractivity contribution in [1.82, 2.24) is 25.4 Å². The van der Waals surface area contributed by atoms with Gasteiger partial charge >= 0.3 is 0 Å². The van der Waals surface area contributed by atoms with Crippen molar-refractivity contribution in [3.05, 3.63) is 71.3 Å². The van der Waals surface area contributed by atoms with Crippen molar-refractivity contribution in [3.8, 4) is 11.3 Å². The molecule has 1 aliphatic heterocycles. The van der Waals surface area contributed by atoms with Crippen molar-refractivity contribution in [2.45, 2.75) is 37.4 Å². The molecule has 2 N–H and O–H groups in total. The largest absolute Gasteiger partial charge is 0.368 e. The van der Waals surface area contributed by atoms with Crippen molar-refractivity contribution in [2.24, 2.45) is 0 Å². The van der Waals surface area contributed by atoms with Gasteiger partial charge in [0.15, 0.2) is 0 Å². The van der Waals surface area contributed by atoms with Gasteiger partial charge in [0.2, 0.25) is 0 Å². The molecule has 9 heteroatoms. The van der Waals surface area contributed by atoms with E-state index in [0.717, 1.165) is 24.3 Å². The number of halogens is 2. The summed E-state index contributed by atoms with van der Waals surface area (Å²) in [5.74, 6) is -0.210. The summed E-state index contributed by atoms with van der Waals surface area (Å²) >= 11 is 0. The first-order valence-electron chi connectivity index (χ1n) is 11.8. The van der Waals surface area contributed by atoms with Crippen LogP contribution >= 0.6 is 0 Å². The van der Waals surface area contributed by atoms with Crippen molar-refractivity contribution >= 4 is 11.7 Å². The second-order valence-corrected chi connectivity index (χ2v) is 9.70. The average Bonchev–Trinajstić information content (AvgIpc) is 2.81. The molecule has 182 valence electrons. The van der Waals surface area contributed by atoms with Gasteiger partial charge in [-0.1, -0.05) is 6.07 Å². The summed E-state index contributed by atoms with van der Waals surface area (Å²) in [6.07, 6.45) is 1.70. The van der Waals surface area contributed by atoms with Gasteiger partial charge in [0.05, 0.1) is 17.4 Å². The zero-order valence-electron chi connectivity index (χ0n) is 19.8. The van der Waals surface area contributed by atoms with Gasteiger partial charge in [-0.25, -0.2) is 8.78 Å². The molecule has 1 saturated carbocycles. The number of carbonyl (C=O) groups is 1. The summed E-state index contributed by atoms with van der Waals surface area (Å²) in [5, 5.41) is 14.6. The van der Waals surface area contributed by atoms with Crippen molar-refractivity contribution in [2.75, 3.05) is 32.0 Å². The Kier molecular flexibility index (Phi) is 6.19. The van der Waals surface area contributed by atoms with E-state index in [9.17, 15) is 13.6 Å². The third-order valence-corrected chi connectivity index (χ3v) is 6.91. The molecule has 1 saturated heterocycles. The Hall–Kier alpha value is -3.46. The van der Waals surface area contributed by atoms with Crippen molar-refractivity contribution in [1.29, 1.82) is 0 Å². The van der Waals surface area contributed by atoms with Crippen molar-refractivity contribution in [3.63, 3.8) is 0 Å². The number of carbonyl (C=O) groups excluding carboxylic acids is 1. The second kappa shape index (κ2) is 9.30. The van der Waals surface area contributed by atoms with E-state index in [1.807, 2.05) is 26.1 Å². The van der Waals surface area contributed by atoms with Gasteiger partial charge in [-0.2, -0.15) is 0 Å². The van der Waals surface area contributed by atoms with Gasteiger partial charge in [-0.3, -0.25) is 9.78 Å². The Morgan fingerprint density at radius 2 is 1.97 bits per heavy atom. The Labute approximate surface area is 203 Å². The average molecular weight is 479 g/mol. The maximum atomic E-state index is 14.6. The lowest BCUT2D eigenvalue weighted by Crippen LogP contribution is -2.57. The predicted molar refractivity (Wildman–Crippen MR) is 129 cm³/mol. The highest BCUT2D eigenvalue weighted by Gasteiger charge is 2.47. The van der Waals surface area contributed by atoms with E-state index in [1.165, 1.54) is 18.2 Å². The van der Waals surface area contributed by atoms with E-state index in [1.54, 1.807) is 18.3 Å². The first-order valence-corrected chi connectivity index (χ1v) is 11.8. The molecule has 1 aliphatic carbocycles. The van der Waals surface area contributed by atoms with E-state index in [2.05, 4.69) is 30.7 Å². The summed E-state index contributed by atoms with van der Waals surface area (Å²) in [4.78, 5) is 19.2. The molecule has 0 bridgehead atoms. The van der Waals surface area contributed by atoms with Crippen molar-refractivity contribution < 1.29 is 13.6 Å². The number of rotatable bonds is 7. The van der Waals surface area contributed by atoms with Crippen LogP contribution in [0, 0.1) is 12.7 Å². The molecule has 0 atom stereocenters. The second-order valence-electron chi connectivity index (χ2n) is 9.70. The topological polar surface area (TPSA) is 83.0 Å². The van der Waals surface area contributed by atoms with E-state index < -0.39 is 17.4 Å². The fraction of sp³-hybridized carbons (Fsp3) is 0.385. The molecule has 1 aromatic carbocycles. The minimum atomic E-state index is -0.843. The van der Waals surface area contributed by atoms with Crippen LogP contribution in [0.4, 0.5) is 14.6 Å². The Morgan fingerprint density at radius 1 is 1.17 bits per heavy atom. The monoisotopic (exact) mass is 478 g/mol. The maximum absolute atomic E-state index is 14.6. The third-order valence-electron chi connectivity index (χ3n) is 6.91. The fourth-order valence-electron chi connectivity index (χ4n) is 5.00. The van der Waals surface area contributed by atoms with Crippen LogP contribution in [0.3, 0.4) is 0 Å². The number of hydrogen-bond donors (Lipinski definition) is 2.